The Bertz CT molecular complexity index is 1540. The topological polar surface area (TPSA) is 124 Å². The molecule has 0 unspecified atom stereocenters. The Morgan fingerprint density at radius 1 is 0.857 bits per heavy atom. The number of nitrogens with two attached hydrogens (primary N) is 2. The molecule has 0 saturated carbocycles. The molecule has 42 heavy (non-hydrogen) atoms. The number of carbonyl (C=O) groups excluding carboxylic acids is 3. The van der Waals surface area contributed by atoms with Gasteiger partial charge in [-0.25, -0.2) is 0 Å². The van der Waals surface area contributed by atoms with Crippen LogP contribution in [0.3, 0.4) is 0 Å². The first-order valence-electron chi connectivity index (χ1n) is 14.0. The maximum atomic E-state index is 14.1. The van der Waals surface area contributed by atoms with E-state index in [0.29, 0.717) is 75.4 Å². The van der Waals surface area contributed by atoms with Gasteiger partial charge in [-0.05, 0) is 75.2 Å². The number of carbonyl (C=O) groups is 3. The molecule has 2 saturated heterocycles. The van der Waals surface area contributed by atoms with E-state index in [1.165, 1.54) is 7.11 Å². The van der Waals surface area contributed by atoms with Crippen molar-refractivity contribution in [1.29, 1.82) is 0 Å². The fraction of sp³-hybridized carbons (Fsp3) is 0.387. The summed E-state index contributed by atoms with van der Waals surface area (Å²) >= 11 is 12.9. The minimum Gasteiger partial charge on any atom is -0.496 e. The number of rotatable bonds is 7. The molecule has 2 aliphatic heterocycles. The second kappa shape index (κ2) is 12.0. The van der Waals surface area contributed by atoms with Gasteiger partial charge in [0.2, 0.25) is 11.8 Å². The number of aromatic nitrogens is 1. The van der Waals surface area contributed by atoms with Crippen molar-refractivity contribution in [3.05, 3.63) is 63.8 Å². The van der Waals surface area contributed by atoms with Gasteiger partial charge in [-0.15, -0.1) is 0 Å². The van der Waals surface area contributed by atoms with Gasteiger partial charge < -0.3 is 25.7 Å². The molecule has 5 rings (SSSR count). The summed E-state index contributed by atoms with van der Waals surface area (Å²) in [5, 5.41) is 0.910. The summed E-state index contributed by atoms with van der Waals surface area (Å²) < 4.78 is 7.47. The van der Waals surface area contributed by atoms with Crippen LogP contribution < -0.4 is 16.2 Å². The Hall–Kier alpha value is -3.53. The van der Waals surface area contributed by atoms with Crippen LogP contribution >= 0.6 is 23.2 Å². The standard InChI is InChI=1S/C31H35Cl2N5O4/c1-36-25(29(40)37-14-10-31(11-15-37,30(35)41)38-12-4-3-5-13-38)18-23(21-9-7-20(32)17-24(21)33)27(36)22-8-6-19(28(34)39)16-26(22)42-2/h6-9,16-18H,3-5,10-15H2,1-2H3,(H2,34,39)(H2,35,41). The number of amides is 3. The van der Waals surface area contributed by atoms with E-state index < -0.39 is 11.4 Å². The van der Waals surface area contributed by atoms with Crippen LogP contribution in [0.5, 0.6) is 5.75 Å². The zero-order chi connectivity index (χ0) is 30.2. The third-order valence-corrected chi connectivity index (χ3v) is 9.26. The highest BCUT2D eigenvalue weighted by Crippen LogP contribution is 2.43. The molecule has 11 heteroatoms. The Kier molecular flexibility index (Phi) is 8.55. The zero-order valence-electron chi connectivity index (χ0n) is 23.8. The molecule has 1 aromatic heterocycles. The molecular formula is C31H35Cl2N5O4. The number of piperidine rings is 2. The van der Waals surface area contributed by atoms with E-state index in [-0.39, 0.29) is 11.8 Å². The predicted molar refractivity (Wildman–Crippen MR) is 164 cm³/mol. The van der Waals surface area contributed by atoms with Crippen LogP contribution in [0.1, 0.15) is 53.0 Å². The molecule has 0 radical (unpaired) electrons. The van der Waals surface area contributed by atoms with Gasteiger partial charge in [0.15, 0.2) is 0 Å². The molecular weight excluding hydrogens is 577 g/mol. The van der Waals surface area contributed by atoms with E-state index >= 15 is 0 Å². The number of hydrogen-bond donors (Lipinski definition) is 2. The van der Waals surface area contributed by atoms with Gasteiger partial charge in [0, 0.05) is 52.4 Å². The first-order valence-corrected chi connectivity index (χ1v) is 14.8. The molecule has 4 N–H and O–H groups in total. The molecule has 0 aliphatic carbocycles. The van der Waals surface area contributed by atoms with E-state index in [1.807, 2.05) is 23.7 Å². The molecule has 3 amide bonds. The summed E-state index contributed by atoms with van der Waals surface area (Å²) in [4.78, 5) is 42.7. The van der Waals surface area contributed by atoms with Crippen LogP contribution in [0, 0.1) is 0 Å². The first-order chi connectivity index (χ1) is 20.1. The summed E-state index contributed by atoms with van der Waals surface area (Å²) in [6, 6.07) is 12.0. The van der Waals surface area contributed by atoms with Gasteiger partial charge in [-0.3, -0.25) is 19.3 Å². The van der Waals surface area contributed by atoms with Crippen LogP contribution in [0.15, 0.2) is 42.5 Å². The highest BCUT2D eigenvalue weighted by atomic mass is 35.5. The van der Waals surface area contributed by atoms with E-state index in [9.17, 15) is 14.4 Å². The average Bonchev–Trinajstić information content (AvgIpc) is 3.32. The number of nitrogens with zero attached hydrogens (tertiary/aromatic N) is 3. The number of ether oxygens (including phenoxy) is 1. The SMILES string of the molecule is COc1cc(C(N)=O)ccc1-c1c(-c2ccc(Cl)cc2Cl)cc(C(=O)N2CCC(C(N)=O)(N3CCCCC3)CC2)n1C. The van der Waals surface area contributed by atoms with Crippen LogP contribution in [0.25, 0.3) is 22.4 Å². The number of benzene rings is 2. The maximum absolute atomic E-state index is 14.1. The van der Waals surface area contributed by atoms with Crippen molar-refractivity contribution < 1.29 is 19.1 Å². The Labute approximate surface area is 255 Å². The molecule has 3 heterocycles. The fourth-order valence-electron chi connectivity index (χ4n) is 6.37. The summed E-state index contributed by atoms with van der Waals surface area (Å²) in [6.07, 6.45) is 4.22. The molecule has 9 nitrogen and oxygen atoms in total. The minimum absolute atomic E-state index is 0.167. The average molecular weight is 613 g/mol. The number of likely N-dealkylation sites (tertiary alicyclic amines) is 2. The van der Waals surface area contributed by atoms with Crippen molar-refractivity contribution in [3.63, 3.8) is 0 Å². The molecule has 0 spiro atoms. The van der Waals surface area contributed by atoms with Crippen molar-refractivity contribution in [2.75, 3.05) is 33.3 Å². The Balaban J connectivity index is 1.55. The van der Waals surface area contributed by atoms with Gasteiger partial charge in [0.1, 0.15) is 17.0 Å². The number of primary amides is 2. The van der Waals surface area contributed by atoms with Gasteiger partial charge in [-0.1, -0.05) is 35.7 Å². The second-order valence-corrected chi connectivity index (χ2v) is 11.8. The van der Waals surface area contributed by atoms with Crippen molar-refractivity contribution in [2.24, 2.45) is 18.5 Å². The first kappa shape index (κ1) is 29.9. The van der Waals surface area contributed by atoms with E-state index in [1.54, 1.807) is 35.2 Å². The normalized spacial score (nSPS) is 17.2. The molecule has 2 fully saturated rings. The molecule has 2 aliphatic rings. The number of hydrogen-bond acceptors (Lipinski definition) is 5. The fourth-order valence-corrected chi connectivity index (χ4v) is 6.88. The largest absolute Gasteiger partial charge is 0.496 e. The lowest BCUT2D eigenvalue weighted by Gasteiger charge is -2.48. The summed E-state index contributed by atoms with van der Waals surface area (Å²) in [7, 11) is 3.32. The lowest BCUT2D eigenvalue weighted by Crippen LogP contribution is -2.63. The zero-order valence-corrected chi connectivity index (χ0v) is 25.3. The van der Waals surface area contributed by atoms with Gasteiger partial charge in [-0.2, -0.15) is 0 Å². The van der Waals surface area contributed by atoms with Crippen LogP contribution in [0.4, 0.5) is 0 Å². The maximum Gasteiger partial charge on any atom is 0.270 e. The highest BCUT2D eigenvalue weighted by molar-refractivity contribution is 6.36. The number of halogens is 2. The third kappa shape index (κ3) is 5.37. The molecule has 222 valence electrons. The summed E-state index contributed by atoms with van der Waals surface area (Å²) in [5.41, 5.74) is 14.2. The van der Waals surface area contributed by atoms with E-state index in [4.69, 9.17) is 39.4 Å². The molecule has 3 aromatic rings. The Morgan fingerprint density at radius 2 is 1.52 bits per heavy atom. The van der Waals surface area contributed by atoms with Crippen molar-refractivity contribution >= 4 is 40.9 Å². The van der Waals surface area contributed by atoms with Crippen molar-refractivity contribution in [3.8, 4) is 28.1 Å². The van der Waals surface area contributed by atoms with E-state index in [2.05, 4.69) is 4.90 Å². The third-order valence-electron chi connectivity index (χ3n) is 8.71. The Morgan fingerprint density at radius 3 is 2.12 bits per heavy atom. The summed E-state index contributed by atoms with van der Waals surface area (Å²) in [5.74, 6) is -0.641. The lowest BCUT2D eigenvalue weighted by atomic mass is 9.83. The van der Waals surface area contributed by atoms with Gasteiger partial charge in [0.25, 0.3) is 5.91 Å². The summed E-state index contributed by atoms with van der Waals surface area (Å²) in [6.45, 7) is 2.51. The highest BCUT2D eigenvalue weighted by Gasteiger charge is 2.46. The molecule has 0 atom stereocenters. The van der Waals surface area contributed by atoms with Gasteiger partial charge >= 0.3 is 0 Å². The minimum atomic E-state index is -0.728. The predicted octanol–water partition coefficient (Wildman–Crippen LogP) is 4.72. The smallest absolute Gasteiger partial charge is 0.270 e. The van der Waals surface area contributed by atoms with Crippen LogP contribution in [-0.4, -0.2) is 70.9 Å². The molecule has 0 bridgehead atoms. The number of methoxy groups -OCH3 is 1. The van der Waals surface area contributed by atoms with E-state index in [0.717, 1.165) is 32.4 Å². The van der Waals surface area contributed by atoms with Crippen LogP contribution in [-0.2, 0) is 11.8 Å². The lowest BCUT2D eigenvalue weighted by molar-refractivity contribution is -0.134. The van der Waals surface area contributed by atoms with Crippen molar-refractivity contribution in [2.45, 2.75) is 37.6 Å². The van der Waals surface area contributed by atoms with Gasteiger partial charge in [0.05, 0.1) is 12.8 Å². The monoisotopic (exact) mass is 611 g/mol. The molecule has 2 aromatic carbocycles. The quantitative estimate of drug-likeness (QED) is 0.400. The van der Waals surface area contributed by atoms with Crippen molar-refractivity contribution in [1.82, 2.24) is 14.4 Å². The van der Waals surface area contributed by atoms with Crippen LogP contribution in [0.2, 0.25) is 10.0 Å². The second-order valence-electron chi connectivity index (χ2n) is 11.0.